The first kappa shape index (κ1) is 16.0. The quantitative estimate of drug-likeness (QED) is 0.613. The van der Waals surface area contributed by atoms with Crippen LogP contribution in [-0.4, -0.2) is 13.2 Å². The maximum Gasteiger partial charge on any atom is 0.119 e. The van der Waals surface area contributed by atoms with Crippen molar-refractivity contribution in [3.63, 3.8) is 0 Å². The van der Waals surface area contributed by atoms with Gasteiger partial charge in [-0.05, 0) is 41.9 Å². The van der Waals surface area contributed by atoms with Crippen LogP contribution in [-0.2, 0) is 6.42 Å². The molecule has 19 heavy (non-hydrogen) atoms. The summed E-state index contributed by atoms with van der Waals surface area (Å²) in [5.41, 5.74) is 4.51. The van der Waals surface area contributed by atoms with Gasteiger partial charge in [0.05, 0.1) is 7.11 Å². The Morgan fingerprint density at radius 2 is 2.00 bits per heavy atom. The molecule has 1 rings (SSSR count). The molecule has 0 aromatic heterocycles. The van der Waals surface area contributed by atoms with Gasteiger partial charge in [-0.15, -0.1) is 0 Å². The van der Waals surface area contributed by atoms with Crippen molar-refractivity contribution in [1.82, 2.24) is 5.43 Å². The minimum absolute atomic E-state index is 0.293. The van der Waals surface area contributed by atoms with Gasteiger partial charge in [0.1, 0.15) is 5.75 Å². The van der Waals surface area contributed by atoms with E-state index >= 15 is 0 Å². The fraction of sp³-hybridized carbons (Fsp3) is 0.625. The molecular formula is C16H28N2O. The Hall–Kier alpha value is -1.06. The molecule has 0 fully saturated rings. The van der Waals surface area contributed by atoms with E-state index in [2.05, 4.69) is 45.3 Å². The van der Waals surface area contributed by atoms with Crippen LogP contribution in [0.4, 0.5) is 0 Å². The first-order chi connectivity index (χ1) is 8.86. The summed E-state index contributed by atoms with van der Waals surface area (Å²) in [4.78, 5) is 0. The molecule has 108 valence electrons. The third-order valence-electron chi connectivity index (χ3n) is 3.97. The summed E-state index contributed by atoms with van der Waals surface area (Å²) in [6.07, 6.45) is 1.99. The molecule has 2 unspecified atom stereocenters. The first-order valence-corrected chi connectivity index (χ1v) is 6.96. The average molecular weight is 264 g/mol. The van der Waals surface area contributed by atoms with Crippen LogP contribution in [0, 0.1) is 11.3 Å². The molecule has 0 amide bonds. The molecule has 0 saturated heterocycles. The largest absolute Gasteiger partial charge is 0.497 e. The number of benzene rings is 1. The van der Waals surface area contributed by atoms with Gasteiger partial charge in [-0.1, -0.05) is 39.8 Å². The lowest BCUT2D eigenvalue weighted by Gasteiger charge is -2.30. The van der Waals surface area contributed by atoms with Crippen molar-refractivity contribution >= 4 is 0 Å². The number of hydrogen-bond donors (Lipinski definition) is 2. The van der Waals surface area contributed by atoms with Gasteiger partial charge in [-0.3, -0.25) is 11.3 Å². The standard InChI is InChI=1S/C16H28N2O/c1-12(16(2,3)4)9-14(18-17)10-13-7-6-8-15(11-13)19-5/h6-8,11-12,14,18H,9-10,17H2,1-5H3. The van der Waals surface area contributed by atoms with Crippen LogP contribution in [0.25, 0.3) is 0 Å². The number of nitrogens with one attached hydrogen (secondary N) is 1. The van der Waals surface area contributed by atoms with Crippen molar-refractivity contribution in [2.75, 3.05) is 7.11 Å². The second-order valence-corrected chi connectivity index (χ2v) is 6.42. The Balaban J connectivity index is 2.66. The monoisotopic (exact) mass is 264 g/mol. The summed E-state index contributed by atoms with van der Waals surface area (Å²) in [6, 6.07) is 8.48. The summed E-state index contributed by atoms with van der Waals surface area (Å²) in [7, 11) is 1.69. The van der Waals surface area contributed by atoms with E-state index in [1.807, 2.05) is 12.1 Å². The number of ether oxygens (including phenoxy) is 1. The molecule has 0 spiro atoms. The van der Waals surface area contributed by atoms with E-state index in [9.17, 15) is 0 Å². The topological polar surface area (TPSA) is 47.3 Å². The average Bonchev–Trinajstić information content (AvgIpc) is 2.37. The maximum absolute atomic E-state index is 5.70. The van der Waals surface area contributed by atoms with Gasteiger partial charge in [0.15, 0.2) is 0 Å². The molecule has 0 saturated carbocycles. The van der Waals surface area contributed by atoms with Crippen LogP contribution in [0.15, 0.2) is 24.3 Å². The van der Waals surface area contributed by atoms with Crippen molar-refractivity contribution in [2.24, 2.45) is 17.2 Å². The molecule has 1 aromatic carbocycles. The van der Waals surface area contributed by atoms with E-state index in [-0.39, 0.29) is 0 Å². The van der Waals surface area contributed by atoms with Gasteiger partial charge in [0.25, 0.3) is 0 Å². The Labute approximate surface area is 117 Å². The maximum atomic E-state index is 5.70. The number of hydrazine groups is 1. The van der Waals surface area contributed by atoms with E-state index in [1.54, 1.807) is 7.11 Å². The van der Waals surface area contributed by atoms with Gasteiger partial charge in [-0.25, -0.2) is 0 Å². The van der Waals surface area contributed by atoms with Gasteiger partial charge in [-0.2, -0.15) is 0 Å². The Morgan fingerprint density at radius 1 is 1.32 bits per heavy atom. The fourth-order valence-electron chi connectivity index (χ4n) is 2.07. The van der Waals surface area contributed by atoms with Crippen molar-refractivity contribution in [1.29, 1.82) is 0 Å². The molecule has 0 aliphatic carbocycles. The zero-order valence-corrected chi connectivity index (χ0v) is 12.9. The molecule has 0 bridgehead atoms. The molecule has 0 radical (unpaired) electrons. The lowest BCUT2D eigenvalue weighted by molar-refractivity contribution is 0.222. The van der Waals surface area contributed by atoms with Crippen molar-refractivity contribution in [3.05, 3.63) is 29.8 Å². The van der Waals surface area contributed by atoms with E-state index < -0.39 is 0 Å². The lowest BCUT2D eigenvalue weighted by Crippen LogP contribution is -2.39. The highest BCUT2D eigenvalue weighted by atomic mass is 16.5. The number of methoxy groups -OCH3 is 1. The fourth-order valence-corrected chi connectivity index (χ4v) is 2.07. The summed E-state index contributed by atoms with van der Waals surface area (Å²) >= 11 is 0. The zero-order chi connectivity index (χ0) is 14.5. The first-order valence-electron chi connectivity index (χ1n) is 6.96. The minimum atomic E-state index is 0.293. The molecule has 0 aliphatic rings. The number of rotatable bonds is 6. The van der Waals surface area contributed by atoms with Crippen LogP contribution in [0.3, 0.4) is 0 Å². The SMILES string of the molecule is COc1cccc(CC(CC(C)C(C)(C)C)NN)c1. The van der Waals surface area contributed by atoms with Crippen molar-refractivity contribution < 1.29 is 4.74 Å². The normalized spacial score (nSPS) is 15.1. The summed E-state index contributed by atoms with van der Waals surface area (Å²) < 4.78 is 5.25. The molecular weight excluding hydrogens is 236 g/mol. The Bertz CT molecular complexity index is 385. The molecule has 0 aliphatic heterocycles. The second kappa shape index (κ2) is 6.92. The van der Waals surface area contributed by atoms with Gasteiger partial charge in [0, 0.05) is 6.04 Å². The van der Waals surface area contributed by atoms with Crippen molar-refractivity contribution in [3.8, 4) is 5.75 Å². The predicted octanol–water partition coefficient (Wildman–Crippen LogP) is 3.14. The lowest BCUT2D eigenvalue weighted by atomic mass is 9.78. The van der Waals surface area contributed by atoms with Crippen LogP contribution < -0.4 is 16.0 Å². The summed E-state index contributed by atoms with van der Waals surface area (Å²) in [6.45, 7) is 9.11. The predicted molar refractivity (Wildman–Crippen MR) is 81.0 cm³/mol. The van der Waals surface area contributed by atoms with Gasteiger partial charge >= 0.3 is 0 Å². The second-order valence-electron chi connectivity index (χ2n) is 6.42. The molecule has 3 nitrogen and oxygen atoms in total. The number of hydrogen-bond acceptors (Lipinski definition) is 3. The molecule has 1 aromatic rings. The highest BCUT2D eigenvalue weighted by molar-refractivity contribution is 5.28. The third-order valence-corrected chi connectivity index (χ3v) is 3.97. The van der Waals surface area contributed by atoms with Crippen LogP contribution in [0.2, 0.25) is 0 Å². The van der Waals surface area contributed by atoms with Crippen molar-refractivity contribution in [2.45, 2.75) is 46.6 Å². The minimum Gasteiger partial charge on any atom is -0.497 e. The highest BCUT2D eigenvalue weighted by Gasteiger charge is 2.23. The van der Waals surface area contributed by atoms with E-state index in [1.165, 1.54) is 5.56 Å². The van der Waals surface area contributed by atoms with Gasteiger partial charge < -0.3 is 4.74 Å². The molecule has 2 atom stereocenters. The summed E-state index contributed by atoms with van der Waals surface area (Å²) in [5, 5.41) is 0. The number of nitrogens with two attached hydrogens (primary N) is 1. The zero-order valence-electron chi connectivity index (χ0n) is 12.9. The molecule has 3 N–H and O–H groups in total. The van der Waals surface area contributed by atoms with E-state index in [0.29, 0.717) is 17.4 Å². The smallest absolute Gasteiger partial charge is 0.119 e. The summed E-state index contributed by atoms with van der Waals surface area (Å²) in [5.74, 6) is 7.21. The molecule has 3 heteroatoms. The van der Waals surface area contributed by atoms with Crippen LogP contribution in [0.1, 0.15) is 39.7 Å². The Kier molecular flexibility index (Phi) is 5.83. The third kappa shape index (κ3) is 5.21. The van der Waals surface area contributed by atoms with Crippen LogP contribution in [0.5, 0.6) is 5.75 Å². The Morgan fingerprint density at radius 3 is 2.53 bits per heavy atom. The van der Waals surface area contributed by atoms with E-state index in [4.69, 9.17) is 10.6 Å². The molecule has 0 heterocycles. The van der Waals surface area contributed by atoms with Gasteiger partial charge in [0.2, 0.25) is 0 Å². The highest BCUT2D eigenvalue weighted by Crippen LogP contribution is 2.29. The van der Waals surface area contributed by atoms with E-state index in [0.717, 1.165) is 18.6 Å². The van der Waals surface area contributed by atoms with Crippen LogP contribution >= 0.6 is 0 Å².